The van der Waals surface area contributed by atoms with Crippen molar-refractivity contribution in [2.24, 2.45) is 0 Å². The molecule has 3 aromatic carbocycles. The SMILES string of the molecule is Cc1ccc(COc2c(Br)cc(/C=C(/C#N)C(=O)Nc3ccccc3F)cc2Br)cc1. The predicted octanol–water partition coefficient (Wildman–Crippen LogP) is 6.78. The van der Waals surface area contributed by atoms with E-state index < -0.39 is 11.7 Å². The minimum Gasteiger partial charge on any atom is -0.487 e. The Balaban J connectivity index is 1.78. The first-order valence-electron chi connectivity index (χ1n) is 9.22. The molecule has 7 heteroatoms. The Hall–Kier alpha value is -2.95. The largest absolute Gasteiger partial charge is 0.487 e. The molecule has 0 saturated carbocycles. The zero-order valence-electron chi connectivity index (χ0n) is 16.5. The van der Waals surface area contributed by atoms with Gasteiger partial charge in [0.25, 0.3) is 5.91 Å². The van der Waals surface area contributed by atoms with E-state index in [0.29, 0.717) is 26.9 Å². The Morgan fingerprint density at radius 3 is 2.39 bits per heavy atom. The van der Waals surface area contributed by atoms with Gasteiger partial charge >= 0.3 is 0 Å². The van der Waals surface area contributed by atoms with E-state index in [1.54, 1.807) is 18.2 Å². The summed E-state index contributed by atoms with van der Waals surface area (Å²) in [5, 5.41) is 11.8. The molecule has 4 nitrogen and oxygen atoms in total. The van der Waals surface area contributed by atoms with Crippen LogP contribution in [-0.4, -0.2) is 5.91 Å². The smallest absolute Gasteiger partial charge is 0.266 e. The number of anilines is 1. The maximum atomic E-state index is 13.8. The number of rotatable bonds is 6. The van der Waals surface area contributed by atoms with Gasteiger partial charge in [-0.05, 0) is 80.3 Å². The molecule has 3 rings (SSSR count). The second-order valence-corrected chi connectivity index (χ2v) is 8.40. The highest BCUT2D eigenvalue weighted by Crippen LogP contribution is 2.36. The van der Waals surface area contributed by atoms with Crippen LogP contribution in [0.25, 0.3) is 6.08 Å². The van der Waals surface area contributed by atoms with Crippen molar-refractivity contribution in [1.82, 2.24) is 0 Å². The summed E-state index contributed by atoms with van der Waals surface area (Å²) in [5.74, 6) is -0.666. The van der Waals surface area contributed by atoms with Gasteiger partial charge in [0.15, 0.2) is 0 Å². The normalized spacial score (nSPS) is 11.0. The summed E-state index contributed by atoms with van der Waals surface area (Å²) < 4.78 is 21.0. The molecule has 156 valence electrons. The fourth-order valence-corrected chi connectivity index (χ4v) is 4.16. The number of carbonyl (C=O) groups is 1. The van der Waals surface area contributed by atoms with Crippen molar-refractivity contribution in [1.29, 1.82) is 5.26 Å². The highest BCUT2D eigenvalue weighted by Gasteiger charge is 2.14. The minimum absolute atomic E-state index is 0.0101. The molecule has 0 aliphatic heterocycles. The molecule has 3 aromatic rings. The zero-order valence-corrected chi connectivity index (χ0v) is 19.6. The Morgan fingerprint density at radius 2 is 1.77 bits per heavy atom. The number of benzene rings is 3. The van der Waals surface area contributed by atoms with Crippen LogP contribution < -0.4 is 10.1 Å². The summed E-state index contributed by atoms with van der Waals surface area (Å²) in [7, 11) is 0. The second-order valence-electron chi connectivity index (χ2n) is 6.69. The predicted molar refractivity (Wildman–Crippen MR) is 126 cm³/mol. The Morgan fingerprint density at radius 1 is 1.13 bits per heavy atom. The van der Waals surface area contributed by atoms with Crippen LogP contribution >= 0.6 is 31.9 Å². The van der Waals surface area contributed by atoms with Crippen LogP contribution in [0.2, 0.25) is 0 Å². The third-order valence-electron chi connectivity index (χ3n) is 4.32. The van der Waals surface area contributed by atoms with E-state index in [2.05, 4.69) is 37.2 Å². The lowest BCUT2D eigenvalue weighted by atomic mass is 10.1. The molecule has 0 radical (unpaired) electrons. The molecule has 0 bridgehead atoms. The monoisotopic (exact) mass is 542 g/mol. The molecule has 0 saturated heterocycles. The Labute approximate surface area is 196 Å². The van der Waals surface area contributed by atoms with Gasteiger partial charge < -0.3 is 10.1 Å². The van der Waals surface area contributed by atoms with E-state index in [9.17, 15) is 14.4 Å². The standard InChI is InChI=1S/C24H17Br2FN2O2/c1-15-6-8-16(9-7-15)14-31-23-19(25)11-17(12-20(23)26)10-18(13-28)24(30)29-22-5-3-2-4-21(22)27/h2-12H,14H2,1H3,(H,29,30)/b18-10-. The van der Waals surface area contributed by atoms with Gasteiger partial charge in [0.1, 0.15) is 29.8 Å². The summed E-state index contributed by atoms with van der Waals surface area (Å²) in [6, 6.07) is 19.2. The van der Waals surface area contributed by atoms with Crippen molar-refractivity contribution in [3.63, 3.8) is 0 Å². The van der Waals surface area contributed by atoms with Crippen molar-refractivity contribution in [3.8, 4) is 11.8 Å². The minimum atomic E-state index is -0.695. The van der Waals surface area contributed by atoms with Crippen molar-refractivity contribution in [2.45, 2.75) is 13.5 Å². The molecular formula is C24H17Br2FN2O2. The third-order valence-corrected chi connectivity index (χ3v) is 5.50. The molecule has 0 atom stereocenters. The molecule has 0 heterocycles. The maximum Gasteiger partial charge on any atom is 0.266 e. The maximum absolute atomic E-state index is 13.8. The Bertz CT molecular complexity index is 1160. The van der Waals surface area contributed by atoms with Gasteiger partial charge in [-0.1, -0.05) is 42.0 Å². The molecule has 0 aliphatic rings. The number of carbonyl (C=O) groups excluding carboxylic acids is 1. The summed E-state index contributed by atoms with van der Waals surface area (Å²) in [6.45, 7) is 2.41. The van der Waals surface area contributed by atoms with Crippen LogP contribution in [0.5, 0.6) is 5.75 Å². The highest BCUT2D eigenvalue weighted by atomic mass is 79.9. The molecule has 0 spiro atoms. The molecule has 0 aliphatic carbocycles. The first kappa shape index (κ1) is 22.7. The average Bonchev–Trinajstić information content (AvgIpc) is 2.74. The first-order chi connectivity index (χ1) is 14.9. The molecular weight excluding hydrogens is 527 g/mol. The van der Waals surface area contributed by atoms with E-state index in [1.165, 1.54) is 29.8 Å². The quantitative estimate of drug-likeness (QED) is 0.275. The van der Waals surface area contributed by atoms with Gasteiger partial charge in [-0.2, -0.15) is 5.26 Å². The van der Waals surface area contributed by atoms with Gasteiger partial charge in [-0.15, -0.1) is 0 Å². The topological polar surface area (TPSA) is 62.1 Å². The summed E-state index contributed by atoms with van der Waals surface area (Å²) in [5.41, 5.74) is 2.66. The third kappa shape index (κ3) is 6.03. The van der Waals surface area contributed by atoms with Gasteiger partial charge in [-0.3, -0.25) is 4.79 Å². The number of nitriles is 1. The van der Waals surface area contributed by atoms with Crippen LogP contribution in [0.15, 0.2) is 75.2 Å². The van der Waals surface area contributed by atoms with Gasteiger partial charge in [0.2, 0.25) is 0 Å². The van der Waals surface area contributed by atoms with Crippen LogP contribution in [0.3, 0.4) is 0 Å². The fourth-order valence-electron chi connectivity index (χ4n) is 2.71. The summed E-state index contributed by atoms with van der Waals surface area (Å²) >= 11 is 6.96. The molecule has 0 unspecified atom stereocenters. The fraction of sp³-hybridized carbons (Fsp3) is 0.0833. The number of aryl methyl sites for hydroxylation is 1. The van der Waals surface area contributed by atoms with Gasteiger partial charge in [0.05, 0.1) is 14.6 Å². The molecule has 0 aromatic heterocycles. The first-order valence-corrected chi connectivity index (χ1v) is 10.8. The molecule has 0 fully saturated rings. The summed E-state index contributed by atoms with van der Waals surface area (Å²) in [6.07, 6.45) is 1.43. The van der Waals surface area contributed by atoms with E-state index in [1.807, 2.05) is 37.3 Å². The number of amides is 1. The average molecular weight is 544 g/mol. The molecule has 31 heavy (non-hydrogen) atoms. The van der Waals surface area contributed by atoms with Crippen LogP contribution in [0.4, 0.5) is 10.1 Å². The lowest BCUT2D eigenvalue weighted by molar-refractivity contribution is -0.112. The van der Waals surface area contributed by atoms with Crippen molar-refractivity contribution < 1.29 is 13.9 Å². The van der Waals surface area contributed by atoms with Gasteiger partial charge in [-0.25, -0.2) is 4.39 Å². The number of ether oxygens (including phenoxy) is 1. The van der Waals surface area contributed by atoms with Crippen molar-refractivity contribution in [3.05, 3.63) is 97.7 Å². The summed E-state index contributed by atoms with van der Waals surface area (Å²) in [4.78, 5) is 12.4. The van der Waals surface area contributed by atoms with Crippen molar-refractivity contribution >= 4 is 49.5 Å². The zero-order chi connectivity index (χ0) is 22.4. The highest BCUT2D eigenvalue weighted by molar-refractivity contribution is 9.11. The van der Waals surface area contributed by atoms with E-state index in [0.717, 1.165) is 5.56 Å². The number of nitrogens with zero attached hydrogens (tertiary/aromatic N) is 1. The lowest BCUT2D eigenvalue weighted by Gasteiger charge is -2.12. The number of hydrogen-bond acceptors (Lipinski definition) is 3. The lowest BCUT2D eigenvalue weighted by Crippen LogP contribution is -2.14. The molecule has 1 N–H and O–H groups in total. The van der Waals surface area contributed by atoms with E-state index in [4.69, 9.17) is 4.74 Å². The number of hydrogen-bond donors (Lipinski definition) is 1. The van der Waals surface area contributed by atoms with Crippen molar-refractivity contribution in [2.75, 3.05) is 5.32 Å². The Kier molecular flexibility index (Phi) is 7.61. The number of nitrogens with one attached hydrogen (secondary N) is 1. The number of para-hydroxylation sites is 1. The van der Waals surface area contributed by atoms with Crippen LogP contribution in [-0.2, 0) is 11.4 Å². The second kappa shape index (κ2) is 10.4. The van der Waals surface area contributed by atoms with E-state index >= 15 is 0 Å². The van der Waals surface area contributed by atoms with Crippen LogP contribution in [0.1, 0.15) is 16.7 Å². The van der Waals surface area contributed by atoms with Gasteiger partial charge in [0, 0.05) is 0 Å². The molecule has 1 amide bonds. The van der Waals surface area contributed by atoms with E-state index in [-0.39, 0.29) is 11.3 Å². The number of halogens is 3. The van der Waals surface area contributed by atoms with Crippen LogP contribution in [0, 0.1) is 24.1 Å².